The van der Waals surface area contributed by atoms with Crippen LogP contribution in [0.4, 0.5) is 0 Å². The molecule has 0 spiro atoms. The van der Waals surface area contributed by atoms with Gasteiger partial charge in [0.1, 0.15) is 0 Å². The quantitative estimate of drug-likeness (QED) is 0.603. The van der Waals surface area contributed by atoms with Crippen LogP contribution in [0.1, 0.15) is 25.7 Å². The number of rotatable bonds is 6. The van der Waals surface area contributed by atoms with Gasteiger partial charge in [0.05, 0.1) is 12.1 Å². The molecule has 1 aromatic carbocycles. The average Bonchev–Trinajstić information content (AvgIpc) is 3.13. The molecule has 1 aliphatic rings. The molecule has 1 heterocycles. The second kappa shape index (κ2) is 7.47. The summed E-state index contributed by atoms with van der Waals surface area (Å²) in [5.74, 6) is -0.538. The van der Waals surface area contributed by atoms with Gasteiger partial charge >= 0.3 is 0 Å². The van der Waals surface area contributed by atoms with Crippen LogP contribution in [0.15, 0.2) is 41.4 Å². The first-order valence-corrected chi connectivity index (χ1v) is 9.73. The summed E-state index contributed by atoms with van der Waals surface area (Å²) in [5.41, 5.74) is 2.09. The molecule has 7 nitrogen and oxygen atoms in total. The number of fused-ring (bicyclic) bond motifs is 1. The third kappa shape index (κ3) is 3.97. The molecule has 1 aliphatic carbocycles. The van der Waals surface area contributed by atoms with Crippen molar-refractivity contribution in [3.8, 4) is 0 Å². The van der Waals surface area contributed by atoms with Crippen molar-refractivity contribution >= 4 is 26.8 Å². The van der Waals surface area contributed by atoms with E-state index in [1.54, 1.807) is 18.2 Å². The van der Waals surface area contributed by atoms with Crippen molar-refractivity contribution in [2.24, 2.45) is 5.92 Å². The first-order valence-electron chi connectivity index (χ1n) is 8.29. The lowest BCUT2D eigenvalue weighted by atomic mass is 10.1. The number of aromatic nitrogens is 1. The summed E-state index contributed by atoms with van der Waals surface area (Å²) >= 11 is 0. The van der Waals surface area contributed by atoms with Crippen LogP contribution in [0, 0.1) is 5.92 Å². The van der Waals surface area contributed by atoms with E-state index in [4.69, 9.17) is 5.21 Å². The van der Waals surface area contributed by atoms with Gasteiger partial charge in [-0.05, 0) is 37.0 Å². The summed E-state index contributed by atoms with van der Waals surface area (Å²) in [6.07, 6.45) is 4.02. The predicted octanol–water partition coefficient (Wildman–Crippen LogP) is 1.92. The van der Waals surface area contributed by atoms with E-state index in [1.807, 2.05) is 12.1 Å². The van der Waals surface area contributed by atoms with Gasteiger partial charge in [0.25, 0.3) is 15.9 Å². The minimum absolute atomic E-state index is 0.0880. The molecule has 134 valence electrons. The van der Waals surface area contributed by atoms with Crippen LogP contribution in [0.3, 0.4) is 0 Å². The zero-order valence-electron chi connectivity index (χ0n) is 13.8. The number of hydrogen-bond acceptors (Lipinski definition) is 5. The zero-order chi connectivity index (χ0) is 17.9. The Morgan fingerprint density at radius 1 is 1.20 bits per heavy atom. The number of sulfonamides is 1. The lowest BCUT2D eigenvalue weighted by Crippen LogP contribution is -2.42. The average molecular weight is 363 g/mol. The molecule has 25 heavy (non-hydrogen) atoms. The van der Waals surface area contributed by atoms with E-state index >= 15 is 0 Å². The largest absolute Gasteiger partial charge is 0.289 e. The van der Waals surface area contributed by atoms with Gasteiger partial charge < -0.3 is 0 Å². The minimum Gasteiger partial charge on any atom is -0.289 e. The Morgan fingerprint density at radius 3 is 2.64 bits per heavy atom. The number of hydroxylamine groups is 1. The topological polar surface area (TPSA) is 99.6 Å². The molecule has 2 aromatic rings. The summed E-state index contributed by atoms with van der Waals surface area (Å²) < 4.78 is 27.2. The Hall–Kier alpha value is -2.03. The van der Waals surface area contributed by atoms with E-state index in [0.717, 1.165) is 35.4 Å². The first-order chi connectivity index (χ1) is 12.0. The van der Waals surface area contributed by atoms with Gasteiger partial charge in [-0.1, -0.05) is 31.0 Å². The van der Waals surface area contributed by atoms with Crippen molar-refractivity contribution in [2.75, 3.05) is 13.1 Å². The van der Waals surface area contributed by atoms with E-state index in [1.165, 1.54) is 11.5 Å². The second-order valence-electron chi connectivity index (χ2n) is 6.33. The summed E-state index contributed by atoms with van der Waals surface area (Å²) in [4.78, 5) is 15.9. The van der Waals surface area contributed by atoms with Crippen LogP contribution in [0.2, 0.25) is 0 Å². The third-order valence-electron chi connectivity index (χ3n) is 4.56. The molecular weight excluding hydrogens is 342 g/mol. The van der Waals surface area contributed by atoms with Crippen LogP contribution < -0.4 is 5.48 Å². The molecule has 1 fully saturated rings. The maximum absolute atomic E-state index is 13.0. The summed E-state index contributed by atoms with van der Waals surface area (Å²) in [5, 5.41) is 9.54. The first kappa shape index (κ1) is 17.8. The fraction of sp³-hybridized carbons (Fsp3) is 0.412. The standard InChI is InChI=1S/C17H21N3O4S/c21-16(19-22)12-20(11-13-5-1-2-6-13)25(23,24)17-10-9-14-7-3-4-8-15(14)18-17/h3-4,7-10,13,22H,1-2,5-6,11-12H2,(H,19,21). The normalized spacial score (nSPS) is 15.8. The summed E-state index contributed by atoms with van der Waals surface area (Å²) in [6.45, 7) is -0.173. The maximum Gasteiger partial charge on any atom is 0.261 e. The number of carbonyl (C=O) groups is 1. The lowest BCUT2D eigenvalue weighted by molar-refractivity contribution is -0.129. The highest BCUT2D eigenvalue weighted by molar-refractivity contribution is 7.89. The fourth-order valence-electron chi connectivity index (χ4n) is 3.25. The Morgan fingerprint density at radius 2 is 1.92 bits per heavy atom. The van der Waals surface area contributed by atoms with Gasteiger partial charge in [0.15, 0.2) is 5.03 Å². The zero-order valence-corrected chi connectivity index (χ0v) is 14.6. The molecule has 0 atom stereocenters. The number of amides is 1. The van der Waals surface area contributed by atoms with E-state index in [-0.39, 0.29) is 17.5 Å². The molecule has 8 heteroatoms. The van der Waals surface area contributed by atoms with Crippen molar-refractivity contribution in [2.45, 2.75) is 30.7 Å². The summed E-state index contributed by atoms with van der Waals surface area (Å²) in [6, 6.07) is 10.4. The number of para-hydroxylation sites is 1. The minimum atomic E-state index is -3.93. The van der Waals surface area contributed by atoms with E-state index in [0.29, 0.717) is 5.52 Å². The Kier molecular flexibility index (Phi) is 5.31. The smallest absolute Gasteiger partial charge is 0.261 e. The van der Waals surface area contributed by atoms with Crippen molar-refractivity contribution in [3.05, 3.63) is 36.4 Å². The van der Waals surface area contributed by atoms with Gasteiger partial charge in [-0.2, -0.15) is 4.31 Å². The van der Waals surface area contributed by atoms with E-state index in [9.17, 15) is 13.2 Å². The van der Waals surface area contributed by atoms with Crippen LogP contribution >= 0.6 is 0 Å². The number of carbonyl (C=O) groups excluding carboxylic acids is 1. The number of nitrogens with one attached hydrogen (secondary N) is 1. The van der Waals surface area contributed by atoms with Gasteiger partial charge in [-0.15, -0.1) is 0 Å². The Labute approximate surface area is 146 Å². The number of hydrogen-bond donors (Lipinski definition) is 2. The molecule has 0 bridgehead atoms. The van der Waals surface area contributed by atoms with Gasteiger partial charge in [-0.25, -0.2) is 18.9 Å². The molecule has 0 unspecified atom stereocenters. The van der Waals surface area contributed by atoms with Crippen molar-refractivity contribution in [3.63, 3.8) is 0 Å². The van der Waals surface area contributed by atoms with Gasteiger partial charge in [-0.3, -0.25) is 10.0 Å². The van der Waals surface area contributed by atoms with Crippen molar-refractivity contribution in [1.82, 2.24) is 14.8 Å². The highest BCUT2D eigenvalue weighted by atomic mass is 32.2. The molecule has 1 aromatic heterocycles. The molecule has 0 aliphatic heterocycles. The molecule has 1 saturated carbocycles. The Balaban J connectivity index is 1.93. The monoisotopic (exact) mass is 363 g/mol. The molecule has 1 amide bonds. The third-order valence-corrected chi connectivity index (χ3v) is 6.27. The van der Waals surface area contributed by atoms with Gasteiger partial charge in [0, 0.05) is 11.9 Å². The number of nitrogens with zero attached hydrogens (tertiary/aromatic N) is 2. The molecule has 3 rings (SSSR count). The Bertz CT molecular complexity index is 863. The van der Waals surface area contributed by atoms with Crippen LogP contribution in [-0.2, 0) is 14.8 Å². The van der Waals surface area contributed by atoms with Crippen LogP contribution in [0.25, 0.3) is 10.9 Å². The second-order valence-corrected chi connectivity index (χ2v) is 8.21. The van der Waals surface area contributed by atoms with Gasteiger partial charge in [0.2, 0.25) is 0 Å². The number of benzene rings is 1. The van der Waals surface area contributed by atoms with Crippen molar-refractivity contribution in [1.29, 1.82) is 0 Å². The molecule has 0 radical (unpaired) electrons. The highest BCUT2D eigenvalue weighted by Gasteiger charge is 2.31. The SMILES string of the molecule is O=C(CN(CC1CCCC1)S(=O)(=O)c1ccc2ccccc2n1)NO. The maximum atomic E-state index is 13.0. The molecule has 2 N–H and O–H groups in total. The molecule has 0 saturated heterocycles. The molecular formula is C17H21N3O4S. The van der Waals surface area contributed by atoms with Crippen LogP contribution in [-0.4, -0.2) is 41.9 Å². The van der Waals surface area contributed by atoms with E-state index in [2.05, 4.69) is 4.98 Å². The highest BCUT2D eigenvalue weighted by Crippen LogP contribution is 2.27. The summed E-state index contributed by atoms with van der Waals surface area (Å²) in [7, 11) is -3.93. The van der Waals surface area contributed by atoms with E-state index < -0.39 is 22.5 Å². The predicted molar refractivity (Wildman–Crippen MR) is 92.4 cm³/mol. The van der Waals surface area contributed by atoms with Crippen molar-refractivity contribution < 1.29 is 18.4 Å². The lowest BCUT2D eigenvalue weighted by Gasteiger charge is -2.23. The number of pyridine rings is 1. The fourth-order valence-corrected chi connectivity index (χ4v) is 4.66. The van der Waals surface area contributed by atoms with Crippen LogP contribution in [0.5, 0.6) is 0 Å².